The number of primary sulfonamides is 1. The van der Waals surface area contributed by atoms with Crippen molar-refractivity contribution in [3.8, 4) is 5.75 Å². The second-order valence-electron chi connectivity index (χ2n) is 6.26. The minimum atomic E-state index is -3.99. The highest BCUT2D eigenvalue weighted by atomic mass is 32.2. The quantitative estimate of drug-likeness (QED) is 0.592. The first kappa shape index (κ1) is 22.4. The Kier molecular flexibility index (Phi) is 7.74. The van der Waals surface area contributed by atoms with Gasteiger partial charge in [-0.05, 0) is 37.1 Å². The number of sulfonamides is 1. The van der Waals surface area contributed by atoms with Gasteiger partial charge < -0.3 is 14.8 Å². The van der Waals surface area contributed by atoms with Gasteiger partial charge >= 0.3 is 5.97 Å². The molecule has 2 aromatic carbocycles. The number of benzene rings is 2. The number of rotatable bonds is 9. The summed E-state index contributed by atoms with van der Waals surface area (Å²) in [5, 5.41) is 7.79. The van der Waals surface area contributed by atoms with Crippen LogP contribution in [0, 0.1) is 5.92 Å². The Labute approximate surface area is 170 Å². The van der Waals surface area contributed by atoms with Crippen LogP contribution in [-0.2, 0) is 26.0 Å². The Bertz CT molecular complexity index is 960. The maximum absolute atomic E-state index is 12.7. The van der Waals surface area contributed by atoms with Gasteiger partial charge in [0.2, 0.25) is 10.0 Å². The van der Waals surface area contributed by atoms with E-state index in [9.17, 15) is 18.0 Å². The van der Waals surface area contributed by atoms with Crippen LogP contribution in [0.25, 0.3) is 0 Å². The topological polar surface area (TPSA) is 125 Å². The molecule has 0 saturated heterocycles. The van der Waals surface area contributed by atoms with Gasteiger partial charge in [0.1, 0.15) is 5.75 Å². The first-order valence-electron chi connectivity index (χ1n) is 8.95. The molecular formula is C20H24N2O6S. The molecular weight excluding hydrogens is 396 g/mol. The van der Waals surface area contributed by atoms with Gasteiger partial charge in [0.05, 0.1) is 30.1 Å². The number of nitrogens with one attached hydrogen (secondary N) is 1. The van der Waals surface area contributed by atoms with Crippen molar-refractivity contribution in [2.45, 2.75) is 18.2 Å². The zero-order valence-corrected chi connectivity index (χ0v) is 17.1. The van der Waals surface area contributed by atoms with Crippen molar-refractivity contribution < 1.29 is 27.5 Å². The molecule has 0 aliphatic heterocycles. The van der Waals surface area contributed by atoms with Gasteiger partial charge in [-0.3, -0.25) is 9.59 Å². The normalized spacial score (nSPS) is 12.1. The second-order valence-corrected chi connectivity index (χ2v) is 7.82. The number of carbonyl (C=O) groups is 2. The van der Waals surface area contributed by atoms with Crippen LogP contribution in [0.1, 0.15) is 22.8 Å². The number of esters is 1. The summed E-state index contributed by atoms with van der Waals surface area (Å²) in [5.41, 5.74) is 0.926. The summed E-state index contributed by atoms with van der Waals surface area (Å²) < 4.78 is 33.4. The van der Waals surface area contributed by atoms with E-state index in [0.29, 0.717) is 6.42 Å². The van der Waals surface area contributed by atoms with Gasteiger partial charge in [-0.15, -0.1) is 0 Å². The molecule has 1 amide bonds. The Morgan fingerprint density at radius 2 is 1.83 bits per heavy atom. The lowest BCUT2D eigenvalue weighted by Gasteiger charge is -2.17. The highest BCUT2D eigenvalue weighted by Crippen LogP contribution is 2.22. The van der Waals surface area contributed by atoms with Crippen LogP contribution in [0.15, 0.2) is 53.4 Å². The lowest BCUT2D eigenvalue weighted by atomic mass is 9.99. The third kappa shape index (κ3) is 6.30. The maximum Gasteiger partial charge on any atom is 0.311 e. The van der Waals surface area contributed by atoms with Crippen LogP contribution >= 0.6 is 0 Å². The molecule has 0 aromatic heterocycles. The lowest BCUT2D eigenvalue weighted by Crippen LogP contribution is -2.35. The van der Waals surface area contributed by atoms with Gasteiger partial charge in [-0.1, -0.05) is 30.3 Å². The molecule has 1 atom stereocenters. The summed E-state index contributed by atoms with van der Waals surface area (Å²) in [6, 6.07) is 13.1. The van der Waals surface area contributed by atoms with E-state index in [1.807, 2.05) is 30.3 Å². The molecule has 0 spiro atoms. The van der Waals surface area contributed by atoms with E-state index >= 15 is 0 Å². The Morgan fingerprint density at radius 1 is 1.14 bits per heavy atom. The van der Waals surface area contributed by atoms with Crippen molar-refractivity contribution in [3.63, 3.8) is 0 Å². The van der Waals surface area contributed by atoms with E-state index in [1.54, 1.807) is 6.92 Å². The van der Waals surface area contributed by atoms with Crippen molar-refractivity contribution in [3.05, 3.63) is 59.7 Å². The summed E-state index contributed by atoms with van der Waals surface area (Å²) in [5.74, 6) is -1.43. The number of hydrogen-bond donors (Lipinski definition) is 2. The van der Waals surface area contributed by atoms with Crippen LogP contribution in [-0.4, -0.2) is 40.6 Å². The molecule has 3 N–H and O–H groups in total. The van der Waals surface area contributed by atoms with E-state index in [1.165, 1.54) is 19.2 Å². The summed E-state index contributed by atoms with van der Waals surface area (Å²) in [7, 11) is -2.63. The van der Waals surface area contributed by atoms with Crippen LogP contribution in [0.3, 0.4) is 0 Å². The van der Waals surface area contributed by atoms with E-state index < -0.39 is 27.8 Å². The third-order valence-corrected chi connectivity index (χ3v) is 5.11. The summed E-state index contributed by atoms with van der Waals surface area (Å²) in [6.45, 7) is 1.94. The molecule has 1 unspecified atom stereocenters. The second kappa shape index (κ2) is 10.0. The van der Waals surface area contributed by atoms with Crippen molar-refractivity contribution in [1.29, 1.82) is 0 Å². The number of carbonyl (C=O) groups excluding carboxylic acids is 2. The summed E-state index contributed by atoms with van der Waals surface area (Å²) >= 11 is 0. The fraction of sp³-hybridized carbons (Fsp3) is 0.300. The van der Waals surface area contributed by atoms with Crippen LogP contribution in [0.5, 0.6) is 5.75 Å². The van der Waals surface area contributed by atoms with Gasteiger partial charge in [-0.2, -0.15) is 0 Å². The number of ether oxygens (including phenoxy) is 2. The minimum absolute atomic E-state index is 0.00125. The highest BCUT2D eigenvalue weighted by molar-refractivity contribution is 7.89. The average molecular weight is 420 g/mol. The average Bonchev–Trinajstić information content (AvgIpc) is 2.70. The standard InChI is InChI=1S/C20H24N2O6S/c1-3-28-20(24)15(11-14-7-5-4-6-8-14)13-22-19(23)17-12-16(29(21,25)26)9-10-18(17)27-2/h4-10,12,15H,3,11,13H2,1-2H3,(H,22,23)(H2,21,25,26). The number of nitrogens with two attached hydrogens (primary N) is 1. The van der Waals surface area contributed by atoms with Crippen molar-refractivity contribution in [2.24, 2.45) is 11.1 Å². The summed E-state index contributed by atoms with van der Waals surface area (Å²) in [6.07, 6.45) is 0.383. The Balaban J connectivity index is 2.19. The Morgan fingerprint density at radius 3 is 2.41 bits per heavy atom. The first-order chi connectivity index (χ1) is 13.8. The molecule has 2 rings (SSSR count). The monoisotopic (exact) mass is 420 g/mol. The van der Waals surface area contributed by atoms with E-state index in [0.717, 1.165) is 11.6 Å². The van der Waals surface area contributed by atoms with Crippen LogP contribution in [0.4, 0.5) is 0 Å². The molecule has 156 valence electrons. The smallest absolute Gasteiger partial charge is 0.311 e. The zero-order chi connectivity index (χ0) is 21.4. The van der Waals surface area contributed by atoms with Crippen molar-refractivity contribution >= 4 is 21.9 Å². The molecule has 0 aliphatic rings. The minimum Gasteiger partial charge on any atom is -0.496 e. The van der Waals surface area contributed by atoms with Gasteiger partial charge in [0.15, 0.2) is 0 Å². The van der Waals surface area contributed by atoms with E-state index in [2.05, 4.69) is 5.32 Å². The first-order valence-corrected chi connectivity index (χ1v) is 10.5. The third-order valence-electron chi connectivity index (χ3n) is 4.20. The molecule has 0 fully saturated rings. The van der Waals surface area contributed by atoms with E-state index in [-0.39, 0.29) is 29.4 Å². The fourth-order valence-corrected chi connectivity index (χ4v) is 3.29. The highest BCUT2D eigenvalue weighted by Gasteiger charge is 2.23. The Hall–Kier alpha value is -2.91. The molecule has 0 aliphatic carbocycles. The number of amides is 1. The molecule has 9 heteroatoms. The van der Waals surface area contributed by atoms with Crippen LogP contribution < -0.4 is 15.2 Å². The van der Waals surface area contributed by atoms with E-state index in [4.69, 9.17) is 14.6 Å². The van der Waals surface area contributed by atoms with Crippen molar-refractivity contribution in [2.75, 3.05) is 20.3 Å². The zero-order valence-electron chi connectivity index (χ0n) is 16.3. The molecule has 8 nitrogen and oxygen atoms in total. The van der Waals surface area contributed by atoms with Crippen molar-refractivity contribution in [1.82, 2.24) is 5.32 Å². The summed E-state index contributed by atoms with van der Waals surface area (Å²) in [4.78, 5) is 24.8. The van der Waals surface area contributed by atoms with Crippen LogP contribution in [0.2, 0.25) is 0 Å². The van der Waals surface area contributed by atoms with Gasteiger partial charge in [0, 0.05) is 6.54 Å². The van der Waals surface area contributed by atoms with Gasteiger partial charge in [-0.25, -0.2) is 13.6 Å². The molecule has 2 aromatic rings. The SMILES string of the molecule is CCOC(=O)C(CNC(=O)c1cc(S(N)(=O)=O)ccc1OC)Cc1ccccc1. The predicted molar refractivity (Wildman–Crippen MR) is 107 cm³/mol. The molecule has 0 heterocycles. The number of hydrogen-bond acceptors (Lipinski definition) is 6. The molecule has 0 radical (unpaired) electrons. The largest absolute Gasteiger partial charge is 0.496 e. The fourth-order valence-electron chi connectivity index (χ4n) is 2.75. The maximum atomic E-state index is 12.7. The van der Waals surface area contributed by atoms with Gasteiger partial charge in [0.25, 0.3) is 5.91 Å². The number of methoxy groups -OCH3 is 1. The lowest BCUT2D eigenvalue weighted by molar-refractivity contribution is -0.147. The molecule has 0 saturated carbocycles. The predicted octanol–water partition coefficient (Wildman–Crippen LogP) is 1.49. The molecule has 29 heavy (non-hydrogen) atoms. The molecule has 0 bridgehead atoms.